The molecule has 3 aromatic carbocycles. The van der Waals surface area contributed by atoms with Crippen molar-refractivity contribution in [1.29, 1.82) is 0 Å². The molecule has 9 heteroatoms. The van der Waals surface area contributed by atoms with Gasteiger partial charge in [-0.25, -0.2) is 9.59 Å². The molecule has 0 bridgehead atoms. The van der Waals surface area contributed by atoms with Gasteiger partial charge < -0.3 is 20.1 Å². The SMILES string of the molecule is O=C(N[C@@H](Cc1ccc(OC(=O)N2CCN(Cc3ccccc3)CC2)cc1)C(=O)O)c1ccccc1Cl. The van der Waals surface area contributed by atoms with Crippen LogP contribution in [0.15, 0.2) is 78.9 Å². The number of amides is 2. The van der Waals surface area contributed by atoms with Crippen molar-refractivity contribution in [1.82, 2.24) is 15.1 Å². The molecule has 3 aromatic rings. The fraction of sp³-hybridized carbons (Fsp3) is 0.250. The van der Waals surface area contributed by atoms with E-state index in [0.717, 1.165) is 19.6 Å². The normalized spacial score (nSPS) is 14.6. The molecule has 1 atom stereocenters. The predicted octanol–water partition coefficient (Wildman–Crippen LogP) is 4.08. The second-order valence-electron chi connectivity index (χ2n) is 8.81. The summed E-state index contributed by atoms with van der Waals surface area (Å²) in [6.45, 7) is 3.53. The van der Waals surface area contributed by atoms with E-state index in [2.05, 4.69) is 22.3 Å². The Kier molecular flexibility index (Phi) is 8.77. The maximum atomic E-state index is 12.6. The maximum Gasteiger partial charge on any atom is 0.415 e. The Morgan fingerprint density at radius 2 is 1.51 bits per heavy atom. The number of carboxylic acids is 1. The topological polar surface area (TPSA) is 99.2 Å². The smallest absolute Gasteiger partial charge is 0.415 e. The molecule has 37 heavy (non-hydrogen) atoms. The molecular weight excluding hydrogens is 494 g/mol. The van der Waals surface area contributed by atoms with Gasteiger partial charge in [0.05, 0.1) is 10.6 Å². The lowest BCUT2D eigenvalue weighted by molar-refractivity contribution is -0.139. The van der Waals surface area contributed by atoms with Crippen molar-refractivity contribution in [3.8, 4) is 5.75 Å². The lowest BCUT2D eigenvalue weighted by Gasteiger charge is -2.34. The average molecular weight is 522 g/mol. The van der Waals surface area contributed by atoms with Crippen LogP contribution in [0.2, 0.25) is 5.02 Å². The number of carbonyl (C=O) groups excluding carboxylic acids is 2. The van der Waals surface area contributed by atoms with Gasteiger partial charge in [0.15, 0.2) is 0 Å². The van der Waals surface area contributed by atoms with Crippen molar-refractivity contribution in [2.24, 2.45) is 0 Å². The van der Waals surface area contributed by atoms with E-state index in [1.54, 1.807) is 47.4 Å². The second-order valence-corrected chi connectivity index (χ2v) is 9.22. The van der Waals surface area contributed by atoms with Crippen molar-refractivity contribution >= 4 is 29.6 Å². The molecule has 0 saturated carbocycles. The summed E-state index contributed by atoms with van der Waals surface area (Å²) in [5.41, 5.74) is 2.12. The number of carboxylic acid groups (broad SMARTS) is 1. The summed E-state index contributed by atoms with van der Waals surface area (Å²) in [5.74, 6) is -1.36. The number of halogens is 1. The van der Waals surface area contributed by atoms with Gasteiger partial charge in [-0.2, -0.15) is 0 Å². The molecule has 1 saturated heterocycles. The summed E-state index contributed by atoms with van der Waals surface area (Å²) < 4.78 is 5.52. The van der Waals surface area contributed by atoms with E-state index in [9.17, 15) is 19.5 Å². The fourth-order valence-electron chi connectivity index (χ4n) is 4.11. The third kappa shape index (κ3) is 7.31. The van der Waals surface area contributed by atoms with E-state index in [4.69, 9.17) is 16.3 Å². The minimum Gasteiger partial charge on any atom is -0.480 e. The molecule has 1 aliphatic heterocycles. The number of hydrogen-bond donors (Lipinski definition) is 2. The molecule has 1 heterocycles. The quantitative estimate of drug-likeness (QED) is 0.463. The Labute approximate surface area is 220 Å². The van der Waals surface area contributed by atoms with E-state index >= 15 is 0 Å². The molecule has 1 aliphatic rings. The number of nitrogens with zero attached hydrogens (tertiary/aromatic N) is 2. The predicted molar refractivity (Wildman–Crippen MR) is 140 cm³/mol. The summed E-state index contributed by atoms with van der Waals surface area (Å²) in [6, 6.07) is 22.1. The molecule has 4 rings (SSSR count). The van der Waals surface area contributed by atoms with E-state index in [0.29, 0.717) is 24.4 Å². The minimum atomic E-state index is -1.16. The first kappa shape index (κ1) is 26.2. The number of ether oxygens (including phenoxy) is 1. The van der Waals surface area contributed by atoms with Gasteiger partial charge in [-0.3, -0.25) is 9.69 Å². The number of nitrogens with one attached hydrogen (secondary N) is 1. The molecule has 192 valence electrons. The van der Waals surface area contributed by atoms with Crippen LogP contribution in [0.5, 0.6) is 5.75 Å². The number of aliphatic carboxylic acids is 1. The number of benzene rings is 3. The van der Waals surface area contributed by atoms with Crippen molar-refractivity contribution in [3.63, 3.8) is 0 Å². The largest absolute Gasteiger partial charge is 0.480 e. The van der Waals surface area contributed by atoms with Crippen molar-refractivity contribution in [2.45, 2.75) is 19.0 Å². The first-order chi connectivity index (χ1) is 17.9. The summed E-state index contributed by atoms with van der Waals surface area (Å²) in [4.78, 5) is 40.8. The van der Waals surface area contributed by atoms with Gasteiger partial charge in [0.1, 0.15) is 11.8 Å². The van der Waals surface area contributed by atoms with Crippen LogP contribution >= 0.6 is 11.6 Å². The molecule has 0 aromatic heterocycles. The van der Waals surface area contributed by atoms with Crippen LogP contribution in [0.25, 0.3) is 0 Å². The molecule has 0 unspecified atom stereocenters. The summed E-state index contributed by atoms with van der Waals surface area (Å²) in [7, 11) is 0. The fourth-order valence-corrected chi connectivity index (χ4v) is 4.33. The molecule has 2 N–H and O–H groups in total. The average Bonchev–Trinajstić information content (AvgIpc) is 2.90. The Morgan fingerprint density at radius 1 is 0.865 bits per heavy atom. The maximum absolute atomic E-state index is 12.6. The zero-order valence-electron chi connectivity index (χ0n) is 20.2. The highest BCUT2D eigenvalue weighted by molar-refractivity contribution is 6.33. The van der Waals surface area contributed by atoms with Gasteiger partial charge in [0.25, 0.3) is 5.91 Å². The Balaban J connectivity index is 1.27. The zero-order chi connectivity index (χ0) is 26.2. The van der Waals surface area contributed by atoms with E-state index < -0.39 is 24.0 Å². The molecule has 0 aliphatic carbocycles. The van der Waals surface area contributed by atoms with Gasteiger partial charge in [0.2, 0.25) is 0 Å². The van der Waals surface area contributed by atoms with Crippen LogP contribution in [0, 0.1) is 0 Å². The highest BCUT2D eigenvalue weighted by Gasteiger charge is 2.24. The van der Waals surface area contributed by atoms with Gasteiger partial charge in [-0.05, 0) is 35.4 Å². The van der Waals surface area contributed by atoms with Crippen molar-refractivity contribution in [3.05, 3.63) is 101 Å². The molecule has 0 radical (unpaired) electrons. The van der Waals surface area contributed by atoms with Crippen LogP contribution in [-0.4, -0.2) is 65.1 Å². The molecule has 1 fully saturated rings. The third-order valence-corrected chi connectivity index (χ3v) is 6.50. The standard InChI is InChI=1S/C28H28ClN3O5/c29-24-9-5-4-8-23(24)26(33)30-25(27(34)35)18-20-10-12-22(13-11-20)37-28(36)32-16-14-31(15-17-32)19-21-6-2-1-3-7-21/h1-13,25H,14-19H2,(H,30,33)(H,34,35)/t25-/m0/s1. The van der Waals surface area contributed by atoms with E-state index in [1.807, 2.05) is 18.2 Å². The monoisotopic (exact) mass is 521 g/mol. The zero-order valence-corrected chi connectivity index (χ0v) is 20.9. The lowest BCUT2D eigenvalue weighted by Crippen LogP contribution is -2.49. The van der Waals surface area contributed by atoms with Gasteiger partial charge >= 0.3 is 12.1 Å². The van der Waals surface area contributed by atoms with Gasteiger partial charge in [-0.15, -0.1) is 0 Å². The third-order valence-electron chi connectivity index (χ3n) is 6.17. The number of rotatable bonds is 8. The number of hydrogen-bond acceptors (Lipinski definition) is 5. The molecule has 2 amide bonds. The molecular formula is C28H28ClN3O5. The first-order valence-corrected chi connectivity index (χ1v) is 12.4. The number of carbonyl (C=O) groups is 3. The summed E-state index contributed by atoms with van der Waals surface area (Å²) in [5, 5.41) is 12.3. The molecule has 0 spiro atoms. The van der Waals surface area contributed by atoms with Crippen LogP contribution in [0.3, 0.4) is 0 Å². The highest BCUT2D eigenvalue weighted by atomic mass is 35.5. The van der Waals surface area contributed by atoms with Crippen LogP contribution < -0.4 is 10.1 Å². The van der Waals surface area contributed by atoms with Gasteiger partial charge in [0, 0.05) is 39.1 Å². The van der Waals surface area contributed by atoms with Crippen LogP contribution in [0.1, 0.15) is 21.5 Å². The summed E-state index contributed by atoms with van der Waals surface area (Å²) >= 11 is 6.04. The summed E-state index contributed by atoms with van der Waals surface area (Å²) in [6.07, 6.45) is -0.356. The van der Waals surface area contributed by atoms with Gasteiger partial charge in [-0.1, -0.05) is 66.2 Å². The van der Waals surface area contributed by atoms with E-state index in [1.165, 1.54) is 11.6 Å². The minimum absolute atomic E-state index is 0.0587. The second kappa shape index (κ2) is 12.4. The molecule has 8 nitrogen and oxygen atoms in total. The number of piperazine rings is 1. The lowest BCUT2D eigenvalue weighted by atomic mass is 10.1. The Bertz CT molecular complexity index is 1230. The first-order valence-electron chi connectivity index (χ1n) is 12.0. The Hall–Kier alpha value is -3.88. The van der Waals surface area contributed by atoms with Crippen molar-refractivity contribution < 1.29 is 24.2 Å². The highest BCUT2D eigenvalue weighted by Crippen LogP contribution is 2.18. The van der Waals surface area contributed by atoms with Crippen LogP contribution in [0.4, 0.5) is 4.79 Å². The Morgan fingerprint density at radius 3 is 2.16 bits per heavy atom. The van der Waals surface area contributed by atoms with E-state index in [-0.39, 0.29) is 17.0 Å². The van der Waals surface area contributed by atoms with Crippen molar-refractivity contribution in [2.75, 3.05) is 26.2 Å². The van der Waals surface area contributed by atoms with Crippen LogP contribution in [-0.2, 0) is 17.8 Å².